The minimum absolute atomic E-state index is 0.154. The van der Waals surface area contributed by atoms with Crippen molar-refractivity contribution in [1.82, 2.24) is 0 Å². The maximum Gasteiger partial charge on any atom is 0.139 e. The number of hydrogen-bond donors (Lipinski definition) is 1. The molecular weight excluding hydrogens is 360 g/mol. The van der Waals surface area contributed by atoms with Crippen molar-refractivity contribution in [2.24, 2.45) is 11.8 Å². The van der Waals surface area contributed by atoms with Crippen LogP contribution >= 0.6 is 0 Å². The topological polar surface area (TPSA) is 46.5 Å². The highest BCUT2D eigenvalue weighted by atomic mass is 16.5. The van der Waals surface area contributed by atoms with E-state index < -0.39 is 12.2 Å². The van der Waals surface area contributed by atoms with E-state index in [4.69, 9.17) is 4.74 Å². The van der Waals surface area contributed by atoms with Gasteiger partial charge in [0, 0.05) is 6.42 Å². The van der Waals surface area contributed by atoms with Gasteiger partial charge in [0.25, 0.3) is 0 Å². The summed E-state index contributed by atoms with van der Waals surface area (Å²) < 4.78 is 6.58. The predicted octanol–water partition coefficient (Wildman–Crippen LogP) is 5.82. The van der Waals surface area contributed by atoms with E-state index in [9.17, 15) is 9.90 Å². The average molecular weight is 393 g/mol. The molecule has 154 valence electrons. The summed E-state index contributed by atoms with van der Waals surface area (Å²) in [6.45, 7) is 4.10. The Morgan fingerprint density at radius 2 is 1.69 bits per heavy atom. The van der Waals surface area contributed by atoms with Crippen LogP contribution in [0.15, 0.2) is 72.8 Å². The number of hydrogen-bond acceptors (Lipinski definition) is 3. The maximum atomic E-state index is 12.9. The molecule has 29 heavy (non-hydrogen) atoms. The standard InChI is InChI=1S/C26H32O3/c1-3-12-23(24-19(4-2)17-11-18-22(24)27)29-26(21-15-9-6-10-16-21)25(28)20-13-7-5-8-14-20/h3,5-10,12-16,19,23-26,28H,4,11,17-18H2,1-2H3/b12-3+/t19-,23-,24+,25-,26-/m1/s1. The first kappa shape index (κ1) is 21.5. The van der Waals surface area contributed by atoms with Gasteiger partial charge in [0.15, 0.2) is 0 Å². The van der Waals surface area contributed by atoms with Gasteiger partial charge in [0.1, 0.15) is 18.0 Å². The zero-order valence-electron chi connectivity index (χ0n) is 17.4. The Labute approximate surface area is 174 Å². The van der Waals surface area contributed by atoms with Gasteiger partial charge in [-0.3, -0.25) is 4.79 Å². The van der Waals surface area contributed by atoms with Gasteiger partial charge in [0.05, 0.1) is 12.0 Å². The Bertz CT molecular complexity index is 784. The lowest BCUT2D eigenvalue weighted by atomic mass is 9.74. The van der Waals surface area contributed by atoms with Crippen molar-refractivity contribution in [2.75, 3.05) is 0 Å². The number of aliphatic hydroxyl groups excluding tert-OH is 1. The van der Waals surface area contributed by atoms with Crippen LogP contribution in [0, 0.1) is 11.8 Å². The molecule has 1 aliphatic carbocycles. The second kappa shape index (κ2) is 10.5. The van der Waals surface area contributed by atoms with E-state index in [1.807, 2.05) is 79.7 Å². The fraction of sp³-hybridized carbons (Fsp3) is 0.423. The van der Waals surface area contributed by atoms with Crippen molar-refractivity contribution in [3.05, 3.63) is 83.9 Å². The van der Waals surface area contributed by atoms with E-state index in [1.54, 1.807) is 0 Å². The van der Waals surface area contributed by atoms with Gasteiger partial charge in [-0.1, -0.05) is 86.2 Å². The summed E-state index contributed by atoms with van der Waals surface area (Å²) >= 11 is 0. The summed E-state index contributed by atoms with van der Waals surface area (Å²) in [6.07, 6.45) is 5.84. The Kier molecular flexibility index (Phi) is 7.79. The summed E-state index contributed by atoms with van der Waals surface area (Å²) in [4.78, 5) is 12.9. The third-order valence-corrected chi connectivity index (χ3v) is 6.00. The molecule has 3 heteroatoms. The van der Waals surface area contributed by atoms with Crippen molar-refractivity contribution in [3.8, 4) is 0 Å². The van der Waals surface area contributed by atoms with Gasteiger partial charge in [0.2, 0.25) is 0 Å². The van der Waals surface area contributed by atoms with Gasteiger partial charge < -0.3 is 9.84 Å². The molecule has 0 amide bonds. The minimum atomic E-state index is -0.815. The lowest BCUT2D eigenvalue weighted by Crippen LogP contribution is -2.39. The largest absolute Gasteiger partial charge is 0.385 e. The highest BCUT2D eigenvalue weighted by Gasteiger charge is 2.38. The van der Waals surface area contributed by atoms with Crippen LogP contribution in [0.1, 0.15) is 62.9 Å². The SMILES string of the molecule is C/C=C/[C@@H](O[C@H](c1ccccc1)[C@H](O)c1ccccc1)[C@@H]1C(=O)CCC[C@H]1CC. The molecule has 0 radical (unpaired) electrons. The Hall–Kier alpha value is -2.23. The van der Waals surface area contributed by atoms with Crippen LogP contribution in [0.3, 0.4) is 0 Å². The lowest BCUT2D eigenvalue weighted by molar-refractivity contribution is -0.139. The molecule has 0 spiro atoms. The number of benzene rings is 2. The quantitative estimate of drug-likeness (QED) is 0.576. The van der Waals surface area contributed by atoms with Crippen LogP contribution in [0.5, 0.6) is 0 Å². The summed E-state index contributed by atoms with van der Waals surface area (Å²) in [7, 11) is 0. The molecule has 1 N–H and O–H groups in total. The third-order valence-electron chi connectivity index (χ3n) is 6.00. The third kappa shape index (κ3) is 5.23. The van der Waals surface area contributed by atoms with Crippen LogP contribution in [0.2, 0.25) is 0 Å². The normalized spacial score (nSPS) is 23.1. The second-order valence-electron chi connectivity index (χ2n) is 7.87. The smallest absolute Gasteiger partial charge is 0.139 e. The molecule has 0 bridgehead atoms. The monoisotopic (exact) mass is 392 g/mol. The summed E-state index contributed by atoms with van der Waals surface area (Å²) in [5, 5.41) is 11.2. The fourth-order valence-corrected chi connectivity index (χ4v) is 4.47. The molecule has 1 saturated carbocycles. The lowest BCUT2D eigenvalue weighted by Gasteiger charge is -2.37. The van der Waals surface area contributed by atoms with Crippen molar-refractivity contribution in [3.63, 3.8) is 0 Å². The summed E-state index contributed by atoms with van der Waals surface area (Å²) in [5.74, 6) is 0.453. The maximum absolute atomic E-state index is 12.9. The first-order chi connectivity index (χ1) is 14.2. The molecule has 1 aliphatic rings. The Morgan fingerprint density at radius 3 is 2.28 bits per heavy atom. The van der Waals surface area contributed by atoms with Gasteiger partial charge in [-0.2, -0.15) is 0 Å². The van der Waals surface area contributed by atoms with Crippen molar-refractivity contribution in [2.45, 2.75) is 57.8 Å². The highest BCUT2D eigenvalue weighted by Crippen LogP contribution is 2.39. The second-order valence-corrected chi connectivity index (χ2v) is 7.87. The summed E-state index contributed by atoms with van der Waals surface area (Å²) in [5.41, 5.74) is 1.72. The minimum Gasteiger partial charge on any atom is -0.385 e. The highest BCUT2D eigenvalue weighted by molar-refractivity contribution is 5.82. The van der Waals surface area contributed by atoms with Gasteiger partial charge in [-0.05, 0) is 36.8 Å². The van der Waals surface area contributed by atoms with Gasteiger partial charge in [-0.15, -0.1) is 0 Å². The van der Waals surface area contributed by atoms with Crippen LogP contribution in [0.4, 0.5) is 0 Å². The van der Waals surface area contributed by atoms with E-state index in [0.717, 1.165) is 30.4 Å². The van der Waals surface area contributed by atoms with Crippen LogP contribution in [-0.4, -0.2) is 17.0 Å². The molecular formula is C26H32O3. The first-order valence-electron chi connectivity index (χ1n) is 10.7. The fourth-order valence-electron chi connectivity index (χ4n) is 4.47. The van der Waals surface area contributed by atoms with E-state index in [2.05, 4.69) is 6.92 Å². The zero-order chi connectivity index (χ0) is 20.6. The molecule has 3 nitrogen and oxygen atoms in total. The molecule has 0 saturated heterocycles. The molecule has 2 aromatic carbocycles. The number of aliphatic hydroxyl groups is 1. The molecule has 5 atom stereocenters. The number of ether oxygens (including phenoxy) is 1. The van der Waals surface area contributed by atoms with Gasteiger partial charge in [-0.25, -0.2) is 0 Å². The number of carbonyl (C=O) groups excluding carboxylic acids is 1. The van der Waals surface area contributed by atoms with Crippen molar-refractivity contribution in [1.29, 1.82) is 0 Å². The molecule has 0 unspecified atom stereocenters. The van der Waals surface area contributed by atoms with Crippen LogP contribution in [0.25, 0.3) is 0 Å². The number of Topliss-reactive ketones (excluding diaryl/α,β-unsaturated/α-hetero) is 1. The molecule has 0 heterocycles. The molecule has 2 aromatic rings. The zero-order valence-corrected chi connectivity index (χ0v) is 17.4. The van der Waals surface area contributed by atoms with E-state index in [0.29, 0.717) is 12.3 Å². The summed E-state index contributed by atoms with van der Waals surface area (Å²) in [6, 6.07) is 19.4. The van der Waals surface area contributed by atoms with Crippen LogP contribution < -0.4 is 0 Å². The van der Waals surface area contributed by atoms with Gasteiger partial charge >= 0.3 is 0 Å². The average Bonchev–Trinajstić information content (AvgIpc) is 2.77. The van der Waals surface area contributed by atoms with E-state index in [1.165, 1.54) is 0 Å². The van der Waals surface area contributed by atoms with Crippen LogP contribution in [-0.2, 0) is 9.53 Å². The number of allylic oxidation sites excluding steroid dienone is 1. The van der Waals surface area contributed by atoms with E-state index >= 15 is 0 Å². The van der Waals surface area contributed by atoms with Crippen molar-refractivity contribution >= 4 is 5.78 Å². The predicted molar refractivity (Wildman–Crippen MR) is 116 cm³/mol. The number of ketones is 1. The molecule has 0 aromatic heterocycles. The first-order valence-corrected chi connectivity index (χ1v) is 10.7. The van der Waals surface area contributed by atoms with E-state index in [-0.39, 0.29) is 17.8 Å². The molecule has 1 fully saturated rings. The number of rotatable bonds is 8. The van der Waals surface area contributed by atoms with Crippen molar-refractivity contribution < 1.29 is 14.6 Å². The molecule has 0 aliphatic heterocycles. The molecule has 3 rings (SSSR count). The Morgan fingerprint density at radius 1 is 1.07 bits per heavy atom. The number of carbonyl (C=O) groups is 1. The Balaban J connectivity index is 1.94.